The third-order valence-corrected chi connectivity index (χ3v) is 3.79. The van der Waals surface area contributed by atoms with E-state index in [1.54, 1.807) is 0 Å². The number of alkyl halides is 3. The van der Waals surface area contributed by atoms with Crippen molar-refractivity contribution in [2.45, 2.75) is 38.4 Å². The quantitative estimate of drug-likeness (QED) is 0.861. The number of aromatic carboxylic acids is 1. The summed E-state index contributed by atoms with van der Waals surface area (Å²) in [6, 6.07) is -1.17. The lowest BCUT2D eigenvalue weighted by molar-refractivity contribution is -0.149. The topological polar surface area (TPSA) is 40.5 Å². The maximum absolute atomic E-state index is 14.2. The summed E-state index contributed by atoms with van der Waals surface area (Å²) in [5.74, 6) is -4.44. The van der Waals surface area contributed by atoms with Gasteiger partial charge in [0.2, 0.25) is 0 Å². The molecule has 1 atom stereocenters. The molecule has 1 N–H and O–H groups in total. The average molecular weight is 323 g/mol. The van der Waals surface area contributed by atoms with Crippen LogP contribution in [0.25, 0.3) is 0 Å². The Morgan fingerprint density at radius 3 is 2.55 bits per heavy atom. The van der Waals surface area contributed by atoms with Crippen molar-refractivity contribution in [2.75, 3.05) is 11.4 Å². The van der Waals surface area contributed by atoms with Crippen LogP contribution >= 0.6 is 0 Å². The molecule has 0 bridgehead atoms. The van der Waals surface area contributed by atoms with E-state index in [-0.39, 0.29) is 37.1 Å². The van der Waals surface area contributed by atoms with Crippen LogP contribution in [0.3, 0.4) is 0 Å². The fourth-order valence-electron chi connectivity index (χ4n) is 2.84. The standard InChI is InChI=1S/C14H14F5NO2/c1-2-10(14(17,18)19)20-5-3-4-7-9(20)6-8(15)11(12(7)16)13(21)22/h6,10H,2-5H2,1H3,(H,21,22)/t10-/m1/s1. The summed E-state index contributed by atoms with van der Waals surface area (Å²) >= 11 is 0. The lowest BCUT2D eigenvalue weighted by Gasteiger charge is -2.38. The molecule has 0 saturated heterocycles. The Bertz CT molecular complexity index is 600. The first-order chi connectivity index (χ1) is 10.2. The second-order valence-corrected chi connectivity index (χ2v) is 5.11. The van der Waals surface area contributed by atoms with Gasteiger partial charge in [0.15, 0.2) is 0 Å². The van der Waals surface area contributed by atoms with Crippen LogP contribution in [0, 0.1) is 11.6 Å². The van der Waals surface area contributed by atoms with Crippen LogP contribution in [-0.4, -0.2) is 29.8 Å². The average Bonchev–Trinajstić information content (AvgIpc) is 2.38. The first-order valence-electron chi connectivity index (χ1n) is 6.76. The third kappa shape index (κ3) is 2.74. The fraction of sp³-hybridized carbons (Fsp3) is 0.500. The summed E-state index contributed by atoms with van der Waals surface area (Å²) in [6.07, 6.45) is -4.50. The van der Waals surface area contributed by atoms with Crippen molar-refractivity contribution >= 4 is 11.7 Å². The number of carbonyl (C=O) groups is 1. The number of hydrogen-bond donors (Lipinski definition) is 1. The highest BCUT2D eigenvalue weighted by Crippen LogP contribution is 2.38. The Labute approximate surface area is 123 Å². The van der Waals surface area contributed by atoms with Gasteiger partial charge in [-0.05, 0) is 25.3 Å². The number of rotatable bonds is 3. The molecule has 0 fully saturated rings. The molecule has 1 aromatic rings. The third-order valence-electron chi connectivity index (χ3n) is 3.79. The van der Waals surface area contributed by atoms with E-state index in [2.05, 4.69) is 0 Å². The minimum Gasteiger partial charge on any atom is -0.477 e. The summed E-state index contributed by atoms with van der Waals surface area (Å²) < 4.78 is 67.2. The number of carboxylic acid groups (broad SMARTS) is 1. The largest absolute Gasteiger partial charge is 0.477 e. The SMILES string of the molecule is CC[C@@H](N1CCCc2c1cc(F)c(C(=O)O)c2F)C(F)(F)F. The predicted molar refractivity (Wildman–Crippen MR) is 69.1 cm³/mol. The molecule has 1 aliphatic heterocycles. The van der Waals surface area contributed by atoms with Crippen molar-refractivity contribution < 1.29 is 31.9 Å². The summed E-state index contributed by atoms with van der Waals surface area (Å²) in [7, 11) is 0. The van der Waals surface area contributed by atoms with E-state index in [0.717, 1.165) is 4.90 Å². The van der Waals surface area contributed by atoms with E-state index < -0.39 is 35.4 Å². The second kappa shape index (κ2) is 5.73. The summed E-state index contributed by atoms with van der Waals surface area (Å²) in [4.78, 5) is 11.8. The van der Waals surface area contributed by atoms with Crippen LogP contribution in [0.1, 0.15) is 35.7 Å². The van der Waals surface area contributed by atoms with Gasteiger partial charge in [0, 0.05) is 17.8 Å². The summed E-state index contributed by atoms with van der Waals surface area (Å²) in [5.41, 5.74) is -1.51. The van der Waals surface area contributed by atoms with Gasteiger partial charge in [-0.1, -0.05) is 6.92 Å². The van der Waals surface area contributed by atoms with E-state index in [9.17, 15) is 26.7 Å². The smallest absolute Gasteiger partial charge is 0.408 e. The van der Waals surface area contributed by atoms with E-state index in [1.165, 1.54) is 6.92 Å². The number of halogens is 5. The van der Waals surface area contributed by atoms with Gasteiger partial charge < -0.3 is 10.0 Å². The van der Waals surface area contributed by atoms with Crippen molar-refractivity contribution in [1.29, 1.82) is 0 Å². The normalized spacial score (nSPS) is 16.4. The Kier molecular flexibility index (Phi) is 4.30. The first-order valence-corrected chi connectivity index (χ1v) is 6.76. The van der Waals surface area contributed by atoms with Crippen LogP contribution in [0.2, 0.25) is 0 Å². The monoisotopic (exact) mass is 323 g/mol. The Morgan fingerprint density at radius 2 is 2.05 bits per heavy atom. The van der Waals surface area contributed by atoms with E-state index in [1.807, 2.05) is 0 Å². The molecule has 2 rings (SSSR count). The molecule has 0 radical (unpaired) electrons. The highest BCUT2D eigenvalue weighted by Gasteiger charge is 2.44. The van der Waals surface area contributed by atoms with E-state index in [0.29, 0.717) is 6.07 Å². The molecule has 22 heavy (non-hydrogen) atoms. The van der Waals surface area contributed by atoms with Gasteiger partial charge in [0.1, 0.15) is 23.2 Å². The Hall–Kier alpha value is -1.86. The molecule has 8 heteroatoms. The number of hydrogen-bond acceptors (Lipinski definition) is 2. The zero-order valence-corrected chi connectivity index (χ0v) is 11.7. The zero-order valence-electron chi connectivity index (χ0n) is 11.7. The first kappa shape index (κ1) is 16.5. The van der Waals surface area contributed by atoms with Crippen LogP contribution < -0.4 is 4.90 Å². The zero-order chi connectivity index (χ0) is 16.7. The molecule has 0 amide bonds. The highest BCUT2D eigenvalue weighted by molar-refractivity contribution is 5.89. The van der Waals surface area contributed by atoms with Crippen LogP contribution in [-0.2, 0) is 6.42 Å². The number of nitrogens with zero attached hydrogens (tertiary/aromatic N) is 1. The van der Waals surface area contributed by atoms with Gasteiger partial charge >= 0.3 is 12.1 Å². The Morgan fingerprint density at radius 1 is 1.41 bits per heavy atom. The second-order valence-electron chi connectivity index (χ2n) is 5.11. The van der Waals surface area contributed by atoms with Crippen LogP contribution in [0.4, 0.5) is 27.6 Å². The number of benzene rings is 1. The van der Waals surface area contributed by atoms with E-state index in [4.69, 9.17) is 5.11 Å². The molecule has 3 nitrogen and oxygen atoms in total. The number of fused-ring (bicyclic) bond motifs is 1. The molecule has 122 valence electrons. The van der Waals surface area contributed by atoms with Gasteiger partial charge in [0.05, 0.1) is 0 Å². The van der Waals surface area contributed by atoms with Gasteiger partial charge in [-0.2, -0.15) is 13.2 Å². The van der Waals surface area contributed by atoms with Crippen LogP contribution in [0.5, 0.6) is 0 Å². The summed E-state index contributed by atoms with van der Waals surface area (Å²) in [5, 5.41) is 8.82. The number of carboxylic acids is 1. The molecule has 0 aliphatic carbocycles. The van der Waals surface area contributed by atoms with Crippen LogP contribution in [0.15, 0.2) is 6.07 Å². The molecule has 1 aliphatic rings. The molecule has 1 aromatic carbocycles. The Balaban J connectivity index is 2.59. The van der Waals surface area contributed by atoms with Crippen molar-refractivity contribution in [2.24, 2.45) is 0 Å². The van der Waals surface area contributed by atoms with E-state index >= 15 is 0 Å². The molecule has 0 aromatic heterocycles. The van der Waals surface area contributed by atoms with Crippen molar-refractivity contribution in [3.63, 3.8) is 0 Å². The molecule has 0 saturated carbocycles. The molecular formula is C14H14F5NO2. The minimum absolute atomic E-state index is 0.0102. The molecular weight excluding hydrogens is 309 g/mol. The lowest BCUT2D eigenvalue weighted by Crippen LogP contribution is -2.48. The lowest BCUT2D eigenvalue weighted by atomic mass is 9.95. The summed E-state index contributed by atoms with van der Waals surface area (Å²) in [6.45, 7) is 1.35. The number of anilines is 1. The van der Waals surface area contributed by atoms with Gasteiger partial charge in [-0.3, -0.25) is 0 Å². The maximum Gasteiger partial charge on any atom is 0.408 e. The predicted octanol–water partition coefficient (Wildman–Crippen LogP) is 3.76. The molecule has 0 spiro atoms. The maximum atomic E-state index is 14.2. The van der Waals surface area contributed by atoms with Gasteiger partial charge in [-0.15, -0.1) is 0 Å². The highest BCUT2D eigenvalue weighted by atomic mass is 19.4. The molecule has 0 unspecified atom stereocenters. The molecule has 1 heterocycles. The van der Waals surface area contributed by atoms with Gasteiger partial charge in [0.25, 0.3) is 0 Å². The van der Waals surface area contributed by atoms with Gasteiger partial charge in [-0.25, -0.2) is 13.6 Å². The fourth-order valence-corrected chi connectivity index (χ4v) is 2.84. The van der Waals surface area contributed by atoms with Crippen molar-refractivity contribution in [3.8, 4) is 0 Å². The van der Waals surface area contributed by atoms with Crippen molar-refractivity contribution in [3.05, 3.63) is 28.8 Å². The van der Waals surface area contributed by atoms with Crippen molar-refractivity contribution in [1.82, 2.24) is 0 Å². The minimum atomic E-state index is -4.54.